The van der Waals surface area contributed by atoms with Gasteiger partial charge in [-0.15, -0.1) is 11.3 Å². The highest BCUT2D eigenvalue weighted by molar-refractivity contribution is 7.19. The third-order valence-corrected chi connectivity index (χ3v) is 5.66. The fraction of sp³-hybridized carbons (Fsp3) is 0.158. The molecular formula is C19H14ClN3OS. The lowest BCUT2D eigenvalue weighted by Crippen LogP contribution is -2.19. The van der Waals surface area contributed by atoms with Gasteiger partial charge in [0.15, 0.2) is 5.75 Å². The van der Waals surface area contributed by atoms with Gasteiger partial charge < -0.3 is 10.5 Å². The molecule has 1 aromatic carbocycles. The normalized spacial score (nSPS) is 16.5. The van der Waals surface area contributed by atoms with Crippen molar-refractivity contribution < 1.29 is 4.74 Å². The first-order valence-corrected chi connectivity index (χ1v) is 8.92. The average molecular weight is 368 g/mol. The quantitative estimate of drug-likeness (QED) is 0.671. The molecule has 4 rings (SSSR count). The largest absolute Gasteiger partial charge is 0.439 e. The number of thiophene rings is 1. The summed E-state index contributed by atoms with van der Waals surface area (Å²) < 4.78 is 5.86. The highest BCUT2D eigenvalue weighted by atomic mass is 35.5. The molecule has 0 bridgehead atoms. The van der Waals surface area contributed by atoms with Gasteiger partial charge in [0.1, 0.15) is 16.5 Å². The molecule has 2 aromatic heterocycles. The van der Waals surface area contributed by atoms with Crippen molar-refractivity contribution in [2.75, 3.05) is 0 Å². The van der Waals surface area contributed by atoms with Gasteiger partial charge in [-0.1, -0.05) is 23.7 Å². The predicted octanol–water partition coefficient (Wildman–Crippen LogP) is 4.78. The van der Waals surface area contributed by atoms with Crippen LogP contribution in [0.5, 0.6) is 5.75 Å². The Morgan fingerprint density at radius 1 is 1.32 bits per heavy atom. The van der Waals surface area contributed by atoms with E-state index in [0.29, 0.717) is 16.3 Å². The Balaban J connectivity index is 2.04. The van der Waals surface area contributed by atoms with E-state index in [1.807, 2.05) is 44.2 Å². The van der Waals surface area contributed by atoms with Crippen LogP contribution in [0.25, 0.3) is 10.2 Å². The third kappa shape index (κ3) is 2.46. The number of benzene rings is 1. The molecular weight excluding hydrogens is 354 g/mol. The number of nitrogens with zero attached hydrogens (tertiary/aromatic N) is 2. The molecule has 0 fully saturated rings. The number of aromatic nitrogens is 1. The fourth-order valence-electron chi connectivity index (χ4n) is 3.28. The maximum absolute atomic E-state index is 9.65. The predicted molar refractivity (Wildman–Crippen MR) is 99.8 cm³/mol. The molecule has 6 heteroatoms. The Bertz CT molecular complexity index is 1090. The number of nitrogens with two attached hydrogens (primary N) is 1. The van der Waals surface area contributed by atoms with Gasteiger partial charge in [0.2, 0.25) is 5.88 Å². The van der Waals surface area contributed by atoms with E-state index in [4.69, 9.17) is 22.1 Å². The van der Waals surface area contributed by atoms with Crippen molar-refractivity contribution in [3.8, 4) is 11.8 Å². The molecule has 1 aliphatic rings. The van der Waals surface area contributed by atoms with Crippen LogP contribution in [0.3, 0.4) is 0 Å². The van der Waals surface area contributed by atoms with Crippen LogP contribution in [0.1, 0.15) is 27.6 Å². The Morgan fingerprint density at radius 3 is 2.84 bits per heavy atom. The van der Waals surface area contributed by atoms with E-state index in [1.54, 1.807) is 0 Å². The van der Waals surface area contributed by atoms with Gasteiger partial charge in [-0.25, -0.2) is 4.98 Å². The van der Waals surface area contributed by atoms with E-state index < -0.39 is 0 Å². The molecule has 3 aromatic rings. The van der Waals surface area contributed by atoms with Crippen LogP contribution in [0.15, 0.2) is 41.8 Å². The second-order valence-corrected chi connectivity index (χ2v) is 7.50. The molecule has 124 valence electrons. The average Bonchev–Trinajstić information content (AvgIpc) is 2.91. The highest BCUT2D eigenvalue weighted by Crippen LogP contribution is 2.50. The molecule has 0 aliphatic carbocycles. The van der Waals surface area contributed by atoms with E-state index in [0.717, 1.165) is 31.9 Å². The molecule has 25 heavy (non-hydrogen) atoms. The zero-order valence-corrected chi connectivity index (χ0v) is 15.2. The maximum atomic E-state index is 9.65. The number of halogens is 1. The van der Waals surface area contributed by atoms with Crippen molar-refractivity contribution in [2.24, 2.45) is 5.73 Å². The lowest BCUT2D eigenvalue weighted by molar-refractivity contribution is 0.401. The Kier molecular flexibility index (Phi) is 3.68. The zero-order valence-electron chi connectivity index (χ0n) is 13.6. The minimum Gasteiger partial charge on any atom is -0.439 e. The Labute approximate surface area is 154 Å². The summed E-state index contributed by atoms with van der Waals surface area (Å²) >= 11 is 7.71. The Morgan fingerprint density at radius 2 is 2.12 bits per heavy atom. The SMILES string of the molecule is Cc1cc(C)c2c3c(sc2n1)[C@H](c1cccc(Cl)c1)C(C#N)=C(N)O3. The number of pyridine rings is 1. The number of fused-ring (bicyclic) bond motifs is 3. The number of rotatable bonds is 1. The first-order valence-electron chi connectivity index (χ1n) is 7.73. The Hall–Kier alpha value is -2.55. The molecule has 0 saturated carbocycles. The van der Waals surface area contributed by atoms with Crippen LogP contribution in [-0.4, -0.2) is 4.98 Å². The first kappa shape index (κ1) is 15.9. The van der Waals surface area contributed by atoms with Crippen LogP contribution >= 0.6 is 22.9 Å². The lowest BCUT2D eigenvalue weighted by atomic mass is 9.88. The molecule has 0 unspecified atom stereocenters. The monoisotopic (exact) mass is 367 g/mol. The van der Waals surface area contributed by atoms with Gasteiger partial charge in [0, 0.05) is 10.7 Å². The zero-order chi connectivity index (χ0) is 17.7. The van der Waals surface area contributed by atoms with Crippen molar-refractivity contribution in [3.05, 3.63) is 68.5 Å². The molecule has 1 aliphatic heterocycles. The number of nitriles is 1. The number of hydrogen-bond acceptors (Lipinski definition) is 5. The number of aryl methyl sites for hydroxylation is 2. The standard InChI is InChI=1S/C19H14ClN3OS/c1-9-6-10(2)23-19-14(9)16-17(25-19)15(13(8-21)18(22)24-16)11-4-3-5-12(20)7-11/h3-7,15H,22H2,1-2H3/t15-/m1/s1. The summed E-state index contributed by atoms with van der Waals surface area (Å²) in [4.78, 5) is 6.46. The van der Waals surface area contributed by atoms with E-state index in [1.165, 1.54) is 11.3 Å². The summed E-state index contributed by atoms with van der Waals surface area (Å²) in [6.07, 6.45) is 0. The van der Waals surface area contributed by atoms with Crippen molar-refractivity contribution in [3.63, 3.8) is 0 Å². The topological polar surface area (TPSA) is 71.9 Å². The molecule has 0 spiro atoms. The van der Waals surface area contributed by atoms with Gasteiger partial charge in [-0.2, -0.15) is 5.26 Å². The summed E-state index contributed by atoms with van der Waals surface area (Å²) in [5.41, 5.74) is 9.43. The van der Waals surface area contributed by atoms with Crippen LogP contribution in [-0.2, 0) is 0 Å². The second kappa shape index (κ2) is 5.76. The van der Waals surface area contributed by atoms with E-state index in [2.05, 4.69) is 11.1 Å². The van der Waals surface area contributed by atoms with Crippen molar-refractivity contribution in [1.29, 1.82) is 5.26 Å². The summed E-state index contributed by atoms with van der Waals surface area (Å²) in [5.74, 6) is 0.539. The van der Waals surface area contributed by atoms with Gasteiger partial charge in [0.05, 0.1) is 16.2 Å². The second-order valence-electron chi connectivity index (χ2n) is 6.04. The lowest BCUT2D eigenvalue weighted by Gasteiger charge is -2.24. The molecule has 1 atom stereocenters. The minimum absolute atomic E-state index is 0.139. The van der Waals surface area contributed by atoms with E-state index in [-0.39, 0.29) is 11.8 Å². The van der Waals surface area contributed by atoms with Gasteiger partial charge >= 0.3 is 0 Å². The van der Waals surface area contributed by atoms with E-state index in [9.17, 15) is 5.26 Å². The van der Waals surface area contributed by atoms with E-state index >= 15 is 0 Å². The van der Waals surface area contributed by atoms with Gasteiger partial charge in [-0.3, -0.25) is 0 Å². The fourth-order valence-corrected chi connectivity index (χ4v) is 4.84. The smallest absolute Gasteiger partial charge is 0.205 e. The molecule has 0 saturated heterocycles. The van der Waals surface area contributed by atoms with Crippen molar-refractivity contribution in [2.45, 2.75) is 19.8 Å². The summed E-state index contributed by atoms with van der Waals surface area (Å²) in [6.45, 7) is 4.00. The minimum atomic E-state index is -0.300. The van der Waals surface area contributed by atoms with Gasteiger partial charge in [0.25, 0.3) is 0 Å². The molecule has 0 amide bonds. The molecule has 0 radical (unpaired) electrons. The third-order valence-electron chi connectivity index (χ3n) is 4.30. The molecule has 3 heterocycles. The van der Waals surface area contributed by atoms with Crippen LogP contribution in [0.4, 0.5) is 0 Å². The summed E-state index contributed by atoms with van der Waals surface area (Å²) in [7, 11) is 0. The molecule has 4 nitrogen and oxygen atoms in total. The number of allylic oxidation sites excluding steroid dienone is 1. The van der Waals surface area contributed by atoms with Crippen LogP contribution in [0.2, 0.25) is 5.02 Å². The van der Waals surface area contributed by atoms with Crippen molar-refractivity contribution >= 4 is 33.2 Å². The van der Waals surface area contributed by atoms with Crippen molar-refractivity contribution in [1.82, 2.24) is 4.98 Å². The number of hydrogen-bond donors (Lipinski definition) is 1. The maximum Gasteiger partial charge on any atom is 0.205 e. The van der Waals surface area contributed by atoms with Gasteiger partial charge in [-0.05, 0) is 43.2 Å². The molecule has 2 N–H and O–H groups in total. The van der Waals surface area contributed by atoms with Crippen LogP contribution < -0.4 is 10.5 Å². The summed E-state index contributed by atoms with van der Waals surface area (Å²) in [6, 6.07) is 11.7. The number of ether oxygens (including phenoxy) is 1. The van der Waals surface area contributed by atoms with Crippen LogP contribution in [0, 0.1) is 25.2 Å². The highest BCUT2D eigenvalue weighted by Gasteiger charge is 2.34. The first-order chi connectivity index (χ1) is 12.0. The summed E-state index contributed by atoms with van der Waals surface area (Å²) in [5, 5.41) is 11.2.